The molecule has 4 nitrogen and oxygen atoms in total. The predicted octanol–water partition coefficient (Wildman–Crippen LogP) is 1.03. The minimum Gasteiger partial charge on any atom is -0.363 e. The van der Waals surface area contributed by atoms with Gasteiger partial charge < -0.3 is 11.5 Å². The highest BCUT2D eigenvalue weighted by Gasteiger charge is 2.15. The molecular formula is C11H10N2O2S. The summed E-state index contributed by atoms with van der Waals surface area (Å²) in [4.78, 5) is 22.5. The van der Waals surface area contributed by atoms with E-state index in [9.17, 15) is 9.59 Å². The average Bonchev–Trinajstić information content (AvgIpc) is 2.69. The van der Waals surface area contributed by atoms with Gasteiger partial charge in [0.05, 0.1) is 4.88 Å². The van der Waals surface area contributed by atoms with Crippen LogP contribution in [0, 0.1) is 0 Å². The number of ketones is 1. The minimum atomic E-state index is -0.925. The van der Waals surface area contributed by atoms with E-state index in [-0.39, 0.29) is 0 Å². The lowest BCUT2D eigenvalue weighted by Crippen LogP contribution is -2.21. The molecule has 0 fully saturated rings. The summed E-state index contributed by atoms with van der Waals surface area (Å²) in [6, 6.07) is 7.37. The summed E-state index contributed by atoms with van der Waals surface area (Å²) in [5.41, 5.74) is 11.5. The Morgan fingerprint density at radius 1 is 1.25 bits per heavy atom. The molecular weight excluding hydrogens is 224 g/mol. The van der Waals surface area contributed by atoms with Gasteiger partial charge in [0, 0.05) is 11.2 Å². The first-order valence-electron chi connectivity index (χ1n) is 4.68. The molecule has 0 saturated heterocycles. The molecule has 1 aromatic carbocycles. The lowest BCUT2D eigenvalue weighted by molar-refractivity contribution is -0.114. The van der Waals surface area contributed by atoms with E-state index in [4.69, 9.17) is 11.5 Å². The van der Waals surface area contributed by atoms with Crippen LogP contribution in [-0.4, -0.2) is 11.7 Å². The maximum absolute atomic E-state index is 11.4. The molecule has 0 spiro atoms. The molecule has 0 saturated carbocycles. The smallest absolute Gasteiger partial charge is 0.290 e. The number of nitrogens with two attached hydrogens (primary N) is 2. The topological polar surface area (TPSA) is 86.2 Å². The van der Waals surface area contributed by atoms with Gasteiger partial charge in [-0.15, -0.1) is 11.3 Å². The summed E-state index contributed by atoms with van der Waals surface area (Å²) < 4.78 is 0.946. The van der Waals surface area contributed by atoms with Gasteiger partial charge in [-0.25, -0.2) is 0 Å². The van der Waals surface area contributed by atoms with E-state index in [0.717, 1.165) is 15.6 Å². The van der Waals surface area contributed by atoms with E-state index in [1.807, 2.05) is 18.2 Å². The fourth-order valence-electron chi connectivity index (χ4n) is 1.45. The number of benzene rings is 1. The van der Waals surface area contributed by atoms with Crippen molar-refractivity contribution in [2.24, 2.45) is 11.5 Å². The maximum Gasteiger partial charge on any atom is 0.290 e. The minimum absolute atomic E-state index is 0.372. The van der Waals surface area contributed by atoms with Crippen molar-refractivity contribution in [3.05, 3.63) is 34.7 Å². The van der Waals surface area contributed by atoms with Crippen molar-refractivity contribution in [1.29, 1.82) is 0 Å². The third-order valence-electron chi connectivity index (χ3n) is 2.26. The van der Waals surface area contributed by atoms with E-state index in [0.29, 0.717) is 11.4 Å². The van der Waals surface area contributed by atoms with Crippen LogP contribution in [0.15, 0.2) is 24.3 Å². The Morgan fingerprint density at radius 3 is 2.62 bits per heavy atom. The Kier molecular flexibility index (Phi) is 2.72. The van der Waals surface area contributed by atoms with Crippen molar-refractivity contribution in [1.82, 2.24) is 0 Å². The summed E-state index contributed by atoms with van der Waals surface area (Å²) in [5, 5.41) is 0.914. The number of carbonyl (C=O) groups excluding carboxylic acids is 2. The zero-order valence-corrected chi connectivity index (χ0v) is 9.21. The van der Waals surface area contributed by atoms with E-state index >= 15 is 0 Å². The molecule has 82 valence electrons. The Morgan fingerprint density at radius 2 is 2.00 bits per heavy atom. The first-order chi connectivity index (χ1) is 7.61. The summed E-state index contributed by atoms with van der Waals surface area (Å²) in [5.74, 6) is -1.57. The van der Waals surface area contributed by atoms with Crippen molar-refractivity contribution in [3.8, 4) is 0 Å². The van der Waals surface area contributed by atoms with Crippen LogP contribution in [0.4, 0.5) is 0 Å². The largest absolute Gasteiger partial charge is 0.363 e. The van der Waals surface area contributed by atoms with Gasteiger partial charge in [0.2, 0.25) is 0 Å². The molecule has 1 amide bonds. The Balaban J connectivity index is 2.51. The third kappa shape index (κ3) is 1.82. The number of hydrogen-bond acceptors (Lipinski definition) is 4. The number of primary amides is 1. The Bertz CT molecular complexity index is 574. The summed E-state index contributed by atoms with van der Waals surface area (Å²) in [7, 11) is 0. The lowest BCUT2D eigenvalue weighted by atomic mass is 10.1. The molecule has 4 N–H and O–H groups in total. The van der Waals surface area contributed by atoms with Gasteiger partial charge in [-0.3, -0.25) is 9.59 Å². The number of carbonyl (C=O) groups is 2. The van der Waals surface area contributed by atoms with Crippen LogP contribution in [-0.2, 0) is 11.3 Å². The van der Waals surface area contributed by atoms with Gasteiger partial charge in [0.15, 0.2) is 0 Å². The van der Waals surface area contributed by atoms with Crippen LogP contribution in [0.5, 0.6) is 0 Å². The SMILES string of the molecule is NCc1ccc2sc(C(=O)C(N)=O)cc2c1. The van der Waals surface area contributed by atoms with Crippen LogP contribution >= 0.6 is 11.3 Å². The lowest BCUT2D eigenvalue weighted by Gasteiger charge is -1.94. The molecule has 0 unspecified atom stereocenters. The fourth-order valence-corrected chi connectivity index (χ4v) is 2.44. The highest BCUT2D eigenvalue weighted by Crippen LogP contribution is 2.26. The van der Waals surface area contributed by atoms with Crippen molar-refractivity contribution < 1.29 is 9.59 Å². The predicted molar refractivity (Wildman–Crippen MR) is 63.2 cm³/mol. The second-order valence-electron chi connectivity index (χ2n) is 3.38. The molecule has 2 aromatic rings. The van der Waals surface area contributed by atoms with Gasteiger partial charge in [-0.2, -0.15) is 0 Å². The van der Waals surface area contributed by atoms with Crippen LogP contribution in [0.1, 0.15) is 15.2 Å². The second kappa shape index (κ2) is 4.03. The normalized spacial score (nSPS) is 10.6. The van der Waals surface area contributed by atoms with Crippen molar-refractivity contribution in [2.45, 2.75) is 6.54 Å². The van der Waals surface area contributed by atoms with Crippen LogP contribution < -0.4 is 11.5 Å². The fraction of sp³-hybridized carbons (Fsp3) is 0.0909. The highest BCUT2D eigenvalue weighted by molar-refractivity contribution is 7.21. The molecule has 2 rings (SSSR count). The number of rotatable bonds is 3. The number of fused-ring (bicyclic) bond motifs is 1. The van der Waals surface area contributed by atoms with Gasteiger partial charge >= 0.3 is 0 Å². The Labute approximate surface area is 95.9 Å². The Hall–Kier alpha value is -1.72. The standard InChI is InChI=1S/C11H10N2O2S/c12-5-6-1-2-8-7(3-6)4-9(16-8)10(14)11(13)15/h1-4H,5,12H2,(H2,13,15). The van der Waals surface area contributed by atoms with Crippen molar-refractivity contribution in [3.63, 3.8) is 0 Å². The van der Waals surface area contributed by atoms with Gasteiger partial charge in [-0.1, -0.05) is 6.07 Å². The summed E-state index contributed by atoms with van der Waals surface area (Å²) in [6.07, 6.45) is 0. The van der Waals surface area contributed by atoms with E-state index < -0.39 is 11.7 Å². The summed E-state index contributed by atoms with van der Waals surface area (Å²) >= 11 is 1.26. The average molecular weight is 234 g/mol. The van der Waals surface area contributed by atoms with Crippen LogP contribution in [0.25, 0.3) is 10.1 Å². The number of hydrogen-bond donors (Lipinski definition) is 2. The van der Waals surface area contributed by atoms with Crippen molar-refractivity contribution >= 4 is 33.1 Å². The quantitative estimate of drug-likeness (QED) is 0.614. The molecule has 5 heteroatoms. The molecule has 0 aliphatic carbocycles. The van der Waals surface area contributed by atoms with Crippen LogP contribution in [0.2, 0.25) is 0 Å². The molecule has 0 radical (unpaired) electrons. The van der Waals surface area contributed by atoms with E-state index in [1.54, 1.807) is 6.07 Å². The summed E-state index contributed by atoms with van der Waals surface area (Å²) in [6.45, 7) is 0.449. The van der Waals surface area contributed by atoms with Gasteiger partial charge in [0.25, 0.3) is 11.7 Å². The first-order valence-corrected chi connectivity index (χ1v) is 5.50. The van der Waals surface area contributed by atoms with Gasteiger partial charge in [-0.05, 0) is 29.1 Å². The van der Waals surface area contributed by atoms with Crippen LogP contribution in [0.3, 0.4) is 0 Å². The number of amides is 1. The second-order valence-corrected chi connectivity index (χ2v) is 4.46. The molecule has 1 heterocycles. The van der Waals surface area contributed by atoms with E-state index in [2.05, 4.69) is 0 Å². The highest BCUT2D eigenvalue weighted by atomic mass is 32.1. The molecule has 0 aliphatic rings. The first kappa shape index (κ1) is 10.8. The van der Waals surface area contributed by atoms with Crippen molar-refractivity contribution in [2.75, 3.05) is 0 Å². The molecule has 0 bridgehead atoms. The molecule has 0 aliphatic heterocycles. The monoisotopic (exact) mass is 234 g/mol. The maximum atomic E-state index is 11.4. The van der Waals surface area contributed by atoms with E-state index in [1.165, 1.54) is 11.3 Å². The zero-order valence-electron chi connectivity index (χ0n) is 8.40. The van der Waals surface area contributed by atoms with Gasteiger partial charge in [0.1, 0.15) is 0 Å². The third-order valence-corrected chi connectivity index (χ3v) is 3.38. The molecule has 0 atom stereocenters. The zero-order chi connectivity index (χ0) is 11.7. The number of Topliss-reactive ketones (excluding diaryl/α,β-unsaturated/α-hetero) is 1. The molecule has 1 aromatic heterocycles. The molecule has 16 heavy (non-hydrogen) atoms. The number of thiophene rings is 1.